The number of rotatable bonds is 4. The minimum absolute atomic E-state index is 0.0650. The van der Waals surface area contributed by atoms with Crippen LogP contribution in [-0.2, 0) is 0 Å². The Labute approximate surface area is 172 Å². The molecule has 4 nitrogen and oxygen atoms in total. The molecule has 28 heavy (non-hydrogen) atoms. The Balaban J connectivity index is 1.96. The van der Waals surface area contributed by atoms with Crippen LogP contribution in [-0.4, -0.2) is 20.0 Å². The van der Waals surface area contributed by atoms with E-state index in [-0.39, 0.29) is 11.1 Å². The van der Waals surface area contributed by atoms with E-state index in [4.69, 9.17) is 9.05 Å². The van der Waals surface area contributed by atoms with Crippen LogP contribution in [0.25, 0.3) is 0 Å². The Hall–Kier alpha value is -1.18. The number of hydrogen-bond acceptors (Lipinski definition) is 4. The largest absolute Gasteiger partial charge is 0.444 e. The van der Waals surface area contributed by atoms with Gasteiger partial charge < -0.3 is 9.05 Å². The summed E-state index contributed by atoms with van der Waals surface area (Å²) in [6.45, 7) is 17.6. The molecule has 2 aromatic carbocycles. The normalized spacial score (nSPS) is 21.3. The minimum atomic E-state index is -0.968. The third kappa shape index (κ3) is 4.36. The van der Waals surface area contributed by atoms with E-state index in [9.17, 15) is 0 Å². The van der Waals surface area contributed by atoms with Gasteiger partial charge in [-0.15, -0.1) is 0 Å². The van der Waals surface area contributed by atoms with Crippen molar-refractivity contribution in [1.29, 1.82) is 0 Å². The van der Waals surface area contributed by atoms with Gasteiger partial charge in [-0.2, -0.15) is 8.88 Å². The fraction of sp³-hybridized carbons (Fsp3) is 0.455. The minimum Gasteiger partial charge on any atom is -0.444 e. The van der Waals surface area contributed by atoms with Gasteiger partial charge in [-0.25, -0.2) is 0 Å². The molecule has 0 aliphatic carbocycles. The van der Waals surface area contributed by atoms with Gasteiger partial charge in [-0.3, -0.25) is 0 Å². The first-order chi connectivity index (χ1) is 13.0. The summed E-state index contributed by atoms with van der Waals surface area (Å²) in [5, 5.41) is 0. The van der Waals surface area contributed by atoms with E-state index < -0.39 is 16.9 Å². The lowest BCUT2D eigenvalue weighted by molar-refractivity contribution is 0.225. The molecule has 0 radical (unpaired) electrons. The molecule has 0 amide bonds. The molecule has 1 aliphatic rings. The monoisotopic (exact) mass is 418 g/mol. The average Bonchev–Trinajstić information content (AvgIpc) is 2.54. The first-order valence-corrected chi connectivity index (χ1v) is 12.0. The third-order valence-corrected chi connectivity index (χ3v) is 10.6. The van der Waals surface area contributed by atoms with Gasteiger partial charge in [-0.05, 0) is 78.6 Å². The van der Waals surface area contributed by atoms with Crippen LogP contribution >= 0.6 is 16.9 Å². The van der Waals surface area contributed by atoms with Gasteiger partial charge in [-0.1, -0.05) is 36.4 Å². The highest BCUT2D eigenvalue weighted by Crippen LogP contribution is 2.81. The van der Waals surface area contributed by atoms with Crippen molar-refractivity contribution >= 4 is 16.9 Å². The quantitative estimate of drug-likeness (QED) is 0.482. The molecule has 0 saturated carbocycles. The molecule has 0 unspecified atom stereocenters. The smallest absolute Gasteiger partial charge is 0.264 e. The van der Waals surface area contributed by atoms with Gasteiger partial charge >= 0.3 is 0 Å². The first-order valence-electron chi connectivity index (χ1n) is 9.68. The number of hydrogen-bond donors (Lipinski definition) is 0. The lowest BCUT2D eigenvalue weighted by Crippen LogP contribution is -2.55. The summed E-state index contributed by atoms with van der Waals surface area (Å²) in [6.07, 6.45) is 0. The van der Waals surface area contributed by atoms with Crippen LogP contribution in [0.1, 0.15) is 52.7 Å². The zero-order valence-corrected chi connectivity index (χ0v) is 20.0. The summed E-state index contributed by atoms with van der Waals surface area (Å²) in [7, 11) is -1.94. The van der Waals surface area contributed by atoms with Crippen molar-refractivity contribution in [2.45, 2.75) is 66.5 Å². The summed E-state index contributed by atoms with van der Waals surface area (Å²) in [6, 6.07) is 16.5. The Morgan fingerprint density at radius 1 is 0.607 bits per heavy atom. The maximum Gasteiger partial charge on any atom is 0.264 e. The molecule has 1 heterocycles. The van der Waals surface area contributed by atoms with Crippen molar-refractivity contribution in [3.8, 4) is 11.5 Å². The van der Waals surface area contributed by atoms with Crippen LogP contribution in [0.5, 0.6) is 11.5 Å². The van der Waals surface area contributed by atoms with Crippen LogP contribution in [0.15, 0.2) is 48.5 Å². The van der Waals surface area contributed by atoms with E-state index in [1.54, 1.807) is 0 Å². The molecule has 6 heteroatoms. The van der Waals surface area contributed by atoms with Gasteiger partial charge in [0, 0.05) is 11.1 Å². The number of para-hydroxylation sites is 2. The third-order valence-electron chi connectivity index (χ3n) is 4.40. The van der Waals surface area contributed by atoms with Crippen molar-refractivity contribution < 1.29 is 9.05 Å². The second-order valence-electron chi connectivity index (χ2n) is 9.14. The lowest BCUT2D eigenvalue weighted by atomic mass is 10.1. The zero-order chi connectivity index (χ0) is 20.7. The number of aryl methyl sites for hydroxylation is 2. The Kier molecular flexibility index (Phi) is 6.09. The molecule has 1 fully saturated rings. The van der Waals surface area contributed by atoms with E-state index in [0.717, 1.165) is 22.6 Å². The van der Waals surface area contributed by atoms with Crippen molar-refractivity contribution in [3.05, 3.63) is 59.7 Å². The van der Waals surface area contributed by atoms with Gasteiger partial charge in [0.1, 0.15) is 11.5 Å². The molecule has 0 N–H and O–H groups in total. The molecule has 0 bridgehead atoms. The first kappa shape index (κ1) is 21.5. The van der Waals surface area contributed by atoms with E-state index in [1.165, 1.54) is 0 Å². The Morgan fingerprint density at radius 3 is 1.21 bits per heavy atom. The maximum absolute atomic E-state index is 6.61. The standard InChI is InChI=1S/C22H32N2O2P2/c1-17-13-9-11-15-19(17)25-27-23(21(3,4)5)28(24(27)22(6,7)8)26-20-16-12-10-14-18(20)2/h9-16H,1-8H3. The molecule has 1 saturated heterocycles. The average molecular weight is 418 g/mol. The fourth-order valence-electron chi connectivity index (χ4n) is 2.93. The van der Waals surface area contributed by atoms with E-state index in [0.29, 0.717) is 0 Å². The van der Waals surface area contributed by atoms with Crippen LogP contribution in [0.3, 0.4) is 0 Å². The fourth-order valence-corrected chi connectivity index (χ4v) is 8.31. The van der Waals surface area contributed by atoms with Crippen LogP contribution in [0.4, 0.5) is 0 Å². The highest BCUT2D eigenvalue weighted by Gasteiger charge is 2.61. The molecule has 0 aromatic heterocycles. The van der Waals surface area contributed by atoms with Gasteiger partial charge in [0.15, 0.2) is 0 Å². The van der Waals surface area contributed by atoms with Crippen LogP contribution < -0.4 is 9.05 Å². The number of benzene rings is 2. The Morgan fingerprint density at radius 2 is 0.929 bits per heavy atom. The number of nitrogens with zero attached hydrogens (tertiary/aromatic N) is 2. The van der Waals surface area contributed by atoms with Crippen molar-refractivity contribution in [2.75, 3.05) is 0 Å². The van der Waals surface area contributed by atoms with E-state index >= 15 is 0 Å². The maximum atomic E-state index is 6.61. The molecular weight excluding hydrogens is 386 g/mol. The van der Waals surface area contributed by atoms with Gasteiger partial charge in [0.05, 0.1) is 0 Å². The highest BCUT2D eigenvalue weighted by molar-refractivity contribution is 7.78. The summed E-state index contributed by atoms with van der Waals surface area (Å²) in [5.41, 5.74) is 2.18. The van der Waals surface area contributed by atoms with E-state index in [1.807, 2.05) is 24.3 Å². The van der Waals surface area contributed by atoms with Crippen molar-refractivity contribution in [1.82, 2.24) is 8.88 Å². The van der Waals surface area contributed by atoms with Crippen molar-refractivity contribution in [3.63, 3.8) is 0 Å². The lowest BCUT2D eigenvalue weighted by Gasteiger charge is -2.60. The topological polar surface area (TPSA) is 24.9 Å². The summed E-state index contributed by atoms with van der Waals surface area (Å²) >= 11 is 0. The molecule has 1 aliphatic heterocycles. The van der Waals surface area contributed by atoms with Crippen molar-refractivity contribution in [2.24, 2.45) is 0 Å². The molecule has 0 atom stereocenters. The second-order valence-corrected chi connectivity index (χ2v) is 12.7. The molecule has 0 spiro atoms. The predicted molar refractivity (Wildman–Crippen MR) is 121 cm³/mol. The van der Waals surface area contributed by atoms with Gasteiger partial charge in [0.2, 0.25) is 0 Å². The molecular formula is C22H32N2O2P2. The molecule has 3 rings (SSSR count). The zero-order valence-electron chi connectivity index (χ0n) is 18.2. The predicted octanol–water partition coefficient (Wildman–Crippen LogP) is 7.43. The highest BCUT2D eigenvalue weighted by atomic mass is 31.3. The van der Waals surface area contributed by atoms with Crippen LogP contribution in [0.2, 0.25) is 0 Å². The Bertz CT molecular complexity index is 752. The summed E-state index contributed by atoms with van der Waals surface area (Å²) in [5.74, 6) is 1.89. The molecule has 152 valence electrons. The second kappa shape index (κ2) is 7.92. The van der Waals surface area contributed by atoms with Crippen LogP contribution in [0, 0.1) is 13.8 Å². The SMILES string of the molecule is Cc1ccccc1OP1N(C(C)(C)C)P(Oc2ccccc2C)N1C(C)(C)C. The van der Waals surface area contributed by atoms with Gasteiger partial charge in [0.25, 0.3) is 16.9 Å². The molecule has 2 aromatic rings. The summed E-state index contributed by atoms with van der Waals surface area (Å²) < 4.78 is 18.1. The van der Waals surface area contributed by atoms with E-state index in [2.05, 4.69) is 88.5 Å². The summed E-state index contributed by atoms with van der Waals surface area (Å²) in [4.78, 5) is 0.